The molecule has 0 unspecified atom stereocenters. The molecule has 0 radical (unpaired) electrons. The first kappa shape index (κ1) is 43.7. The van der Waals surface area contributed by atoms with Crippen molar-refractivity contribution in [2.75, 3.05) is 9.71 Å². The van der Waals surface area contributed by atoms with Gasteiger partial charge in [-0.3, -0.25) is 0 Å². The smallest absolute Gasteiger partial charge is 0.333 e. The molecule has 3 aliphatic rings. The number of fused-ring (bicyclic) bond motifs is 10. The normalized spacial score (nSPS) is 13.7. The van der Waals surface area contributed by atoms with Crippen molar-refractivity contribution >= 4 is 77.7 Å². The molecule has 0 fully saturated rings. The molecule has 0 bridgehead atoms. The van der Waals surface area contributed by atoms with Gasteiger partial charge in [-0.05, 0) is 162 Å². The number of hydrogen-bond acceptors (Lipinski definition) is 4. The van der Waals surface area contributed by atoms with Gasteiger partial charge in [0.15, 0.2) is 5.75 Å². The largest absolute Gasteiger partial charge is 0.453 e. The first-order chi connectivity index (χ1) is 34.1. The van der Waals surface area contributed by atoms with Crippen LogP contribution in [0.15, 0.2) is 182 Å². The minimum atomic E-state index is -0.164. The summed E-state index contributed by atoms with van der Waals surface area (Å²) >= 11 is 1.89. The van der Waals surface area contributed by atoms with E-state index in [0.29, 0.717) is 0 Å². The fourth-order valence-corrected chi connectivity index (χ4v) is 12.5. The second-order valence-corrected chi connectivity index (χ2v) is 24.1. The van der Waals surface area contributed by atoms with Crippen LogP contribution in [-0.4, -0.2) is 6.85 Å². The topological polar surface area (TPSA) is 15.7 Å². The number of thiophene rings is 1. The van der Waals surface area contributed by atoms with Gasteiger partial charge in [-0.15, -0.1) is 11.3 Å². The lowest BCUT2D eigenvalue weighted by Crippen LogP contribution is -2.62. The lowest BCUT2D eigenvalue weighted by molar-refractivity contribution is 0.470. The third kappa shape index (κ3) is 6.99. The van der Waals surface area contributed by atoms with Gasteiger partial charge in [-0.1, -0.05) is 165 Å². The molecule has 9 aromatic carbocycles. The van der Waals surface area contributed by atoms with Gasteiger partial charge >= 0.3 is 6.85 Å². The zero-order chi connectivity index (χ0) is 48.7. The predicted octanol–water partition coefficient (Wildman–Crippen LogP) is 17.8. The van der Waals surface area contributed by atoms with Gasteiger partial charge in [0, 0.05) is 37.1 Å². The van der Waals surface area contributed by atoms with Gasteiger partial charge in [-0.25, -0.2) is 0 Å². The summed E-state index contributed by atoms with van der Waals surface area (Å²) in [6.07, 6.45) is 0. The second-order valence-electron chi connectivity index (χ2n) is 23.0. The van der Waals surface area contributed by atoms with Crippen molar-refractivity contribution in [2.45, 2.75) is 78.6 Å². The first-order valence-corrected chi connectivity index (χ1v) is 26.0. The summed E-state index contributed by atoms with van der Waals surface area (Å²) in [4.78, 5) is 5.28. The quantitative estimate of drug-likeness (QED) is 0.164. The van der Waals surface area contributed by atoms with Crippen LogP contribution >= 0.6 is 11.3 Å². The van der Waals surface area contributed by atoms with E-state index < -0.39 is 0 Å². The number of anilines is 5. The molecular weight excluding hydrogens is 880 g/mol. The minimum absolute atomic E-state index is 0.00231. The van der Waals surface area contributed by atoms with Crippen LogP contribution in [0, 0.1) is 0 Å². The van der Waals surface area contributed by atoms with Crippen LogP contribution in [0.4, 0.5) is 28.4 Å². The van der Waals surface area contributed by atoms with Crippen LogP contribution < -0.4 is 25.4 Å². The molecule has 0 saturated carbocycles. The van der Waals surface area contributed by atoms with Crippen LogP contribution in [0.25, 0.3) is 64.7 Å². The molecule has 3 nitrogen and oxygen atoms in total. The Morgan fingerprint density at radius 2 is 1.00 bits per heavy atom. The van der Waals surface area contributed by atoms with E-state index in [1.165, 1.54) is 104 Å². The number of hydrogen-bond donors (Lipinski definition) is 0. The van der Waals surface area contributed by atoms with Crippen molar-refractivity contribution in [2.24, 2.45) is 0 Å². The SMILES string of the molecule is CC(C)(C)c1ccc(N2c3cc(-c4cc(-c5ccccc5)cc(-c5ccccc5)c4)cc4c3B(c3ccc5sc6ccccc6c5c32)N2c3ccc(C(C)(C)C)cc3Oc3cc(C(C)(C)C)cc-4c32)cc1. The molecule has 3 aliphatic heterocycles. The second kappa shape index (κ2) is 15.6. The zero-order valence-corrected chi connectivity index (χ0v) is 42.9. The van der Waals surface area contributed by atoms with Crippen molar-refractivity contribution in [3.05, 3.63) is 199 Å². The summed E-state index contributed by atoms with van der Waals surface area (Å²) in [7, 11) is 0. The molecule has 346 valence electrons. The summed E-state index contributed by atoms with van der Waals surface area (Å²) in [6, 6.07) is 68.9. The van der Waals surface area contributed by atoms with E-state index in [4.69, 9.17) is 4.74 Å². The molecule has 4 heterocycles. The number of benzene rings is 9. The van der Waals surface area contributed by atoms with E-state index in [1.54, 1.807) is 0 Å². The minimum Gasteiger partial charge on any atom is -0.453 e. The van der Waals surface area contributed by atoms with Gasteiger partial charge in [0.05, 0.1) is 17.1 Å². The molecule has 5 heteroatoms. The molecule has 0 spiro atoms. The highest BCUT2D eigenvalue weighted by Gasteiger charge is 2.49. The maximum Gasteiger partial charge on any atom is 0.333 e. The Labute approximate surface area is 423 Å². The Hall–Kier alpha value is -7.34. The van der Waals surface area contributed by atoms with Crippen LogP contribution in [0.5, 0.6) is 11.5 Å². The zero-order valence-electron chi connectivity index (χ0n) is 42.1. The van der Waals surface area contributed by atoms with Gasteiger partial charge in [-0.2, -0.15) is 0 Å². The molecule has 0 saturated heterocycles. The number of rotatable bonds is 4. The van der Waals surface area contributed by atoms with Crippen LogP contribution in [0.3, 0.4) is 0 Å². The summed E-state index contributed by atoms with van der Waals surface area (Å²) in [5.41, 5.74) is 21.6. The van der Waals surface area contributed by atoms with Crippen molar-refractivity contribution < 1.29 is 4.74 Å². The van der Waals surface area contributed by atoms with E-state index in [-0.39, 0.29) is 23.1 Å². The Kier molecular flexibility index (Phi) is 9.58. The van der Waals surface area contributed by atoms with Gasteiger partial charge in [0.25, 0.3) is 0 Å². The van der Waals surface area contributed by atoms with Gasteiger partial charge in [0.1, 0.15) is 5.75 Å². The average molecular weight is 937 g/mol. The Balaban J connectivity index is 1.18. The molecule has 0 aliphatic carbocycles. The summed E-state index contributed by atoms with van der Waals surface area (Å²) in [5, 5.41) is 2.58. The maximum atomic E-state index is 7.28. The Morgan fingerprint density at radius 3 is 1.65 bits per heavy atom. The molecule has 13 rings (SSSR count). The monoisotopic (exact) mass is 936 g/mol. The number of nitrogens with zero attached hydrogens (tertiary/aromatic N) is 2. The van der Waals surface area contributed by atoms with E-state index >= 15 is 0 Å². The lowest BCUT2D eigenvalue weighted by atomic mass is 9.43. The van der Waals surface area contributed by atoms with Crippen LogP contribution in [-0.2, 0) is 16.2 Å². The van der Waals surface area contributed by atoms with E-state index in [9.17, 15) is 0 Å². The Morgan fingerprint density at radius 1 is 0.423 bits per heavy atom. The Bertz CT molecular complexity index is 3740. The van der Waals surface area contributed by atoms with E-state index in [1.807, 2.05) is 11.3 Å². The summed E-state index contributed by atoms with van der Waals surface area (Å²) in [6.45, 7) is 20.6. The third-order valence-corrected chi connectivity index (χ3v) is 16.4. The highest BCUT2D eigenvalue weighted by atomic mass is 32.1. The molecule has 71 heavy (non-hydrogen) atoms. The van der Waals surface area contributed by atoms with Crippen LogP contribution in [0.1, 0.15) is 79.0 Å². The first-order valence-electron chi connectivity index (χ1n) is 25.2. The average Bonchev–Trinajstić information content (AvgIpc) is 3.75. The number of ether oxygens (including phenoxy) is 1. The van der Waals surface area contributed by atoms with Crippen molar-refractivity contribution in [3.8, 4) is 56.0 Å². The maximum absolute atomic E-state index is 7.28. The van der Waals surface area contributed by atoms with Gasteiger partial charge in [0.2, 0.25) is 0 Å². The molecule has 0 N–H and O–H groups in total. The molecule has 0 amide bonds. The highest BCUT2D eigenvalue weighted by Crippen LogP contribution is 2.58. The summed E-state index contributed by atoms with van der Waals surface area (Å²) in [5.74, 6) is 1.81. The van der Waals surface area contributed by atoms with Crippen molar-refractivity contribution in [3.63, 3.8) is 0 Å². The molecule has 0 atom stereocenters. The molecule has 1 aromatic heterocycles. The highest BCUT2D eigenvalue weighted by molar-refractivity contribution is 7.26. The van der Waals surface area contributed by atoms with E-state index in [0.717, 1.165) is 28.6 Å². The third-order valence-electron chi connectivity index (χ3n) is 15.2. The van der Waals surface area contributed by atoms with Crippen LogP contribution in [0.2, 0.25) is 0 Å². The van der Waals surface area contributed by atoms with Gasteiger partial charge < -0.3 is 14.4 Å². The lowest BCUT2D eigenvalue weighted by Gasteiger charge is -2.48. The fourth-order valence-electron chi connectivity index (χ4n) is 11.4. The van der Waals surface area contributed by atoms with Crippen molar-refractivity contribution in [1.29, 1.82) is 0 Å². The van der Waals surface area contributed by atoms with Crippen molar-refractivity contribution in [1.82, 2.24) is 0 Å². The molecule has 10 aromatic rings. The summed E-state index contributed by atoms with van der Waals surface area (Å²) < 4.78 is 9.86. The molecular formula is C66H57BN2OS. The fraction of sp³-hybridized carbons (Fsp3) is 0.182. The van der Waals surface area contributed by atoms with E-state index in [2.05, 4.69) is 254 Å². The standard InChI is InChI=1S/C66H57BN2OS/c1-64(2,3)46-24-27-49(28-25-46)68-55-36-45(44-33-42(40-18-12-10-13-19-40)32-43(34-44)41-20-14-11-15-21-41)35-51-52-37-48(66(7,8)9)39-57-62(52)69(54-30-26-47(65(4,5)6)38-56(54)70-57)67(61(51)55)53-29-31-59-60(63(53)68)50-22-16-17-23-58(50)71-59/h10-39H,1-9H3. The predicted molar refractivity (Wildman–Crippen MR) is 306 cm³/mol.